The maximum absolute atomic E-state index is 5.33. The number of hydrogen-bond donors (Lipinski definition) is 1. The van der Waals surface area contributed by atoms with Crippen molar-refractivity contribution in [3.63, 3.8) is 0 Å². The van der Waals surface area contributed by atoms with Gasteiger partial charge in [0, 0.05) is 11.6 Å². The van der Waals surface area contributed by atoms with Crippen molar-refractivity contribution in [3.05, 3.63) is 11.6 Å². The summed E-state index contributed by atoms with van der Waals surface area (Å²) in [6, 6.07) is -0.0695. The van der Waals surface area contributed by atoms with Crippen molar-refractivity contribution >= 4 is 17.8 Å². The third kappa shape index (κ3) is 7.46. The molecule has 3 nitrogen and oxygen atoms in total. The van der Waals surface area contributed by atoms with Crippen molar-refractivity contribution in [3.8, 4) is 0 Å². The Labute approximate surface area is 65.5 Å². The molecule has 0 aromatic rings. The van der Waals surface area contributed by atoms with Gasteiger partial charge in [0.15, 0.2) is 0 Å². The van der Waals surface area contributed by atoms with Crippen molar-refractivity contribution in [2.75, 3.05) is 6.61 Å². The van der Waals surface area contributed by atoms with E-state index in [2.05, 4.69) is 5.16 Å². The van der Waals surface area contributed by atoms with Gasteiger partial charge in [0.2, 0.25) is 0 Å². The molecule has 0 aliphatic heterocycles. The highest BCUT2D eigenvalue weighted by Gasteiger charge is 1.82. The van der Waals surface area contributed by atoms with Crippen LogP contribution in [0.3, 0.4) is 0 Å². The molecule has 0 bridgehead atoms. The molecule has 0 aromatic carbocycles. The SMILES string of the molecule is CC(N)/C=N/OC/C=C/Cl. The van der Waals surface area contributed by atoms with Gasteiger partial charge in [-0.05, 0) is 13.0 Å². The van der Waals surface area contributed by atoms with Crippen molar-refractivity contribution < 1.29 is 4.84 Å². The minimum absolute atomic E-state index is 0.0695. The van der Waals surface area contributed by atoms with Crippen molar-refractivity contribution in [1.82, 2.24) is 0 Å². The van der Waals surface area contributed by atoms with Gasteiger partial charge < -0.3 is 10.6 Å². The molecule has 0 aromatic heterocycles. The van der Waals surface area contributed by atoms with E-state index in [0.717, 1.165) is 0 Å². The Balaban J connectivity index is 3.18. The number of nitrogens with two attached hydrogens (primary N) is 1. The van der Waals surface area contributed by atoms with Crippen molar-refractivity contribution in [2.24, 2.45) is 10.9 Å². The van der Waals surface area contributed by atoms with Crippen LogP contribution in [-0.2, 0) is 4.84 Å². The molecule has 0 saturated heterocycles. The average molecular weight is 163 g/mol. The van der Waals surface area contributed by atoms with Crippen LogP contribution in [0.15, 0.2) is 16.8 Å². The molecule has 0 amide bonds. The molecule has 0 heterocycles. The first-order valence-electron chi connectivity index (χ1n) is 2.93. The first-order chi connectivity index (χ1) is 4.77. The van der Waals surface area contributed by atoms with Crippen LogP contribution in [0.4, 0.5) is 0 Å². The number of hydrogen-bond acceptors (Lipinski definition) is 3. The Morgan fingerprint density at radius 2 is 2.50 bits per heavy atom. The van der Waals surface area contributed by atoms with Crippen molar-refractivity contribution in [2.45, 2.75) is 13.0 Å². The lowest BCUT2D eigenvalue weighted by Gasteiger charge is -1.93. The topological polar surface area (TPSA) is 47.6 Å². The fraction of sp³-hybridized carbons (Fsp3) is 0.500. The number of rotatable bonds is 4. The zero-order valence-corrected chi connectivity index (χ0v) is 6.58. The van der Waals surface area contributed by atoms with E-state index >= 15 is 0 Å². The summed E-state index contributed by atoms with van der Waals surface area (Å²) in [5.74, 6) is 0. The van der Waals surface area contributed by atoms with Gasteiger partial charge in [-0.25, -0.2) is 0 Å². The van der Waals surface area contributed by atoms with E-state index in [9.17, 15) is 0 Å². The van der Waals surface area contributed by atoms with Crippen LogP contribution in [0.25, 0.3) is 0 Å². The first-order valence-corrected chi connectivity index (χ1v) is 3.37. The van der Waals surface area contributed by atoms with Crippen LogP contribution in [-0.4, -0.2) is 18.9 Å². The van der Waals surface area contributed by atoms with Gasteiger partial charge >= 0.3 is 0 Å². The van der Waals surface area contributed by atoms with E-state index in [1.807, 2.05) is 6.92 Å². The molecule has 2 N–H and O–H groups in total. The van der Waals surface area contributed by atoms with E-state index in [-0.39, 0.29) is 6.04 Å². The molecule has 0 saturated carbocycles. The molecule has 0 aliphatic carbocycles. The smallest absolute Gasteiger partial charge is 0.136 e. The minimum atomic E-state index is -0.0695. The zero-order valence-electron chi connectivity index (χ0n) is 5.83. The van der Waals surface area contributed by atoms with Crippen molar-refractivity contribution in [1.29, 1.82) is 0 Å². The Hall–Kier alpha value is -0.540. The Morgan fingerprint density at radius 3 is 3.00 bits per heavy atom. The minimum Gasteiger partial charge on any atom is -0.392 e. The van der Waals surface area contributed by atoms with E-state index in [0.29, 0.717) is 6.61 Å². The zero-order chi connectivity index (χ0) is 7.82. The summed E-state index contributed by atoms with van der Waals surface area (Å²) >= 11 is 5.21. The summed E-state index contributed by atoms with van der Waals surface area (Å²) < 4.78 is 0. The molecule has 0 radical (unpaired) electrons. The largest absolute Gasteiger partial charge is 0.392 e. The monoisotopic (exact) mass is 162 g/mol. The predicted molar refractivity (Wildman–Crippen MR) is 43.1 cm³/mol. The van der Waals surface area contributed by atoms with Crippen LogP contribution in [0.5, 0.6) is 0 Å². The first kappa shape index (κ1) is 9.46. The summed E-state index contributed by atoms with van der Waals surface area (Å²) in [5, 5.41) is 3.55. The highest BCUT2D eigenvalue weighted by molar-refractivity contribution is 6.25. The van der Waals surface area contributed by atoms with Crippen LogP contribution in [0.1, 0.15) is 6.92 Å². The number of oxime groups is 1. The Kier molecular flexibility index (Phi) is 6.22. The molecular weight excluding hydrogens is 152 g/mol. The van der Waals surface area contributed by atoms with E-state index in [1.54, 1.807) is 6.08 Å². The fourth-order valence-electron chi connectivity index (χ4n) is 0.261. The summed E-state index contributed by atoms with van der Waals surface area (Å²) in [6.07, 6.45) is 3.15. The van der Waals surface area contributed by atoms with Gasteiger partial charge in [-0.3, -0.25) is 0 Å². The maximum Gasteiger partial charge on any atom is 0.136 e. The van der Waals surface area contributed by atoms with E-state index in [1.165, 1.54) is 11.7 Å². The molecule has 58 valence electrons. The lowest BCUT2D eigenvalue weighted by atomic mass is 10.4. The standard InChI is InChI=1S/C6H11ClN2O/c1-6(8)5-9-10-4-2-3-7/h2-3,5-6H,4,8H2,1H3/b3-2+,9-5+. The quantitative estimate of drug-likeness (QED) is 0.382. The lowest BCUT2D eigenvalue weighted by molar-refractivity contribution is 0.175. The average Bonchev–Trinajstić information content (AvgIpc) is 1.87. The molecule has 0 spiro atoms. The summed E-state index contributed by atoms with van der Waals surface area (Å²) in [5.41, 5.74) is 6.71. The molecule has 4 heteroatoms. The van der Waals surface area contributed by atoms with Crippen LogP contribution in [0.2, 0.25) is 0 Å². The highest BCUT2D eigenvalue weighted by atomic mass is 35.5. The molecule has 0 rings (SSSR count). The predicted octanol–water partition coefficient (Wildman–Crippen LogP) is 1.09. The molecule has 10 heavy (non-hydrogen) atoms. The summed E-state index contributed by atoms with van der Waals surface area (Å²) in [6.45, 7) is 2.19. The molecule has 1 unspecified atom stereocenters. The number of nitrogens with zero attached hydrogens (tertiary/aromatic N) is 1. The summed E-state index contributed by atoms with van der Waals surface area (Å²) in [7, 11) is 0. The summed E-state index contributed by atoms with van der Waals surface area (Å²) in [4.78, 5) is 4.70. The third-order valence-corrected chi connectivity index (χ3v) is 0.809. The van der Waals surface area contributed by atoms with Gasteiger partial charge in [-0.2, -0.15) is 0 Å². The van der Waals surface area contributed by atoms with Crippen LogP contribution < -0.4 is 5.73 Å². The Morgan fingerprint density at radius 1 is 1.80 bits per heavy atom. The van der Waals surface area contributed by atoms with Gasteiger partial charge in [0.1, 0.15) is 6.61 Å². The van der Waals surface area contributed by atoms with Gasteiger partial charge in [-0.15, -0.1) is 0 Å². The molecular formula is C6H11ClN2O. The van der Waals surface area contributed by atoms with Gasteiger partial charge in [-0.1, -0.05) is 16.8 Å². The van der Waals surface area contributed by atoms with Crippen LogP contribution >= 0.6 is 11.6 Å². The third-order valence-electron chi connectivity index (χ3n) is 0.630. The second-order valence-electron chi connectivity index (χ2n) is 1.77. The normalized spacial score (nSPS) is 14.7. The fourth-order valence-corrected chi connectivity index (χ4v) is 0.334. The van der Waals surface area contributed by atoms with Gasteiger partial charge in [0.25, 0.3) is 0 Å². The van der Waals surface area contributed by atoms with E-state index in [4.69, 9.17) is 22.2 Å². The second-order valence-corrected chi connectivity index (χ2v) is 2.02. The molecule has 0 fully saturated rings. The van der Waals surface area contributed by atoms with Crippen LogP contribution in [0, 0.1) is 0 Å². The van der Waals surface area contributed by atoms with E-state index < -0.39 is 0 Å². The second kappa shape index (κ2) is 6.58. The number of halogens is 1. The van der Waals surface area contributed by atoms with Gasteiger partial charge in [0.05, 0.1) is 6.21 Å². The maximum atomic E-state index is 5.33. The highest BCUT2D eigenvalue weighted by Crippen LogP contribution is 1.81. The molecule has 0 aliphatic rings. The lowest BCUT2D eigenvalue weighted by Crippen LogP contribution is -2.16. The Bertz CT molecular complexity index is 123. The molecule has 1 atom stereocenters.